The molecule has 1 aliphatic rings. The van der Waals surface area contributed by atoms with Crippen LogP contribution in [-0.4, -0.2) is 35.8 Å². The summed E-state index contributed by atoms with van der Waals surface area (Å²) in [7, 11) is 1.80. The second-order valence-electron chi connectivity index (χ2n) is 5.91. The minimum absolute atomic E-state index is 0.0627. The fraction of sp³-hybridized carbons (Fsp3) is 0.389. The molecule has 2 aromatic rings. The van der Waals surface area contributed by atoms with Gasteiger partial charge in [0.2, 0.25) is 0 Å². The Morgan fingerprint density at radius 2 is 1.77 bits per heavy atom. The van der Waals surface area contributed by atoms with E-state index >= 15 is 0 Å². The van der Waals surface area contributed by atoms with Crippen LogP contribution in [-0.2, 0) is 18.3 Å². The Morgan fingerprint density at radius 3 is 2.41 bits per heavy atom. The molecule has 4 heteroatoms. The summed E-state index contributed by atoms with van der Waals surface area (Å²) in [5, 5.41) is 0. The highest BCUT2D eigenvalue weighted by Gasteiger charge is 2.10. The molecule has 3 rings (SSSR count). The summed E-state index contributed by atoms with van der Waals surface area (Å²) in [6.45, 7) is 6.49. The zero-order chi connectivity index (χ0) is 15.5. The smallest absolute Gasteiger partial charge is 0.253 e. The van der Waals surface area contributed by atoms with Gasteiger partial charge in [0, 0.05) is 38.4 Å². The molecule has 1 saturated heterocycles. The molecule has 1 fully saturated rings. The first-order valence-electron chi connectivity index (χ1n) is 7.70. The summed E-state index contributed by atoms with van der Waals surface area (Å²) >= 11 is 0. The van der Waals surface area contributed by atoms with Gasteiger partial charge >= 0.3 is 0 Å². The number of rotatable bonds is 3. The Bertz CT molecular complexity index is 672. The van der Waals surface area contributed by atoms with Crippen LogP contribution in [0.5, 0.6) is 0 Å². The van der Waals surface area contributed by atoms with Gasteiger partial charge in [-0.1, -0.05) is 24.3 Å². The topological polar surface area (TPSA) is 34.5 Å². The van der Waals surface area contributed by atoms with Gasteiger partial charge in [0.25, 0.3) is 5.56 Å². The van der Waals surface area contributed by atoms with Gasteiger partial charge in [-0.2, -0.15) is 0 Å². The number of aromatic nitrogens is 1. The normalized spacial score (nSPS) is 15.9. The number of aryl methyl sites for hydroxylation is 2. The lowest BCUT2D eigenvalue weighted by Gasteiger charge is -2.26. The number of nitrogens with zero attached hydrogens (tertiary/aromatic N) is 2. The van der Waals surface area contributed by atoms with Crippen molar-refractivity contribution in [3.8, 4) is 11.1 Å². The van der Waals surface area contributed by atoms with E-state index in [2.05, 4.69) is 29.2 Å². The van der Waals surface area contributed by atoms with E-state index in [1.165, 1.54) is 5.56 Å². The number of ether oxygens (including phenoxy) is 1. The van der Waals surface area contributed by atoms with E-state index in [-0.39, 0.29) is 5.56 Å². The van der Waals surface area contributed by atoms with Crippen molar-refractivity contribution in [1.29, 1.82) is 0 Å². The van der Waals surface area contributed by atoms with Crippen LogP contribution in [0.3, 0.4) is 0 Å². The van der Waals surface area contributed by atoms with Gasteiger partial charge in [0.05, 0.1) is 13.2 Å². The fourth-order valence-electron chi connectivity index (χ4n) is 2.86. The Morgan fingerprint density at radius 1 is 1.09 bits per heavy atom. The summed E-state index contributed by atoms with van der Waals surface area (Å²) in [6.07, 6.45) is 1.90. The van der Waals surface area contributed by atoms with Crippen LogP contribution >= 0.6 is 0 Å². The van der Waals surface area contributed by atoms with Crippen molar-refractivity contribution in [2.24, 2.45) is 7.05 Å². The number of pyridine rings is 1. The molecule has 0 N–H and O–H groups in total. The second kappa shape index (κ2) is 6.46. The summed E-state index contributed by atoms with van der Waals surface area (Å²) in [5.74, 6) is 0. The minimum atomic E-state index is 0.0627. The van der Waals surface area contributed by atoms with Crippen molar-refractivity contribution in [3.05, 3.63) is 58.0 Å². The van der Waals surface area contributed by atoms with Crippen molar-refractivity contribution < 1.29 is 4.74 Å². The van der Waals surface area contributed by atoms with Crippen LogP contribution in [0.1, 0.15) is 11.1 Å². The summed E-state index contributed by atoms with van der Waals surface area (Å²) in [6, 6.07) is 10.6. The molecule has 1 aromatic heterocycles. The zero-order valence-corrected chi connectivity index (χ0v) is 13.2. The first-order chi connectivity index (χ1) is 10.6. The van der Waals surface area contributed by atoms with Crippen molar-refractivity contribution in [2.45, 2.75) is 13.5 Å². The first-order valence-corrected chi connectivity index (χ1v) is 7.70. The van der Waals surface area contributed by atoms with Crippen LogP contribution in [0.15, 0.2) is 41.3 Å². The second-order valence-corrected chi connectivity index (χ2v) is 5.91. The van der Waals surface area contributed by atoms with Gasteiger partial charge in [0.15, 0.2) is 0 Å². The predicted octanol–water partition coefficient (Wildman–Crippen LogP) is 2.19. The first kappa shape index (κ1) is 15.0. The highest BCUT2D eigenvalue weighted by atomic mass is 16.5. The van der Waals surface area contributed by atoms with Gasteiger partial charge in [-0.15, -0.1) is 0 Å². The summed E-state index contributed by atoms with van der Waals surface area (Å²) < 4.78 is 7.02. The van der Waals surface area contributed by atoms with Gasteiger partial charge in [-0.05, 0) is 29.7 Å². The van der Waals surface area contributed by atoms with E-state index in [4.69, 9.17) is 4.74 Å². The highest BCUT2D eigenvalue weighted by molar-refractivity contribution is 5.63. The van der Waals surface area contributed by atoms with E-state index in [9.17, 15) is 4.79 Å². The molecule has 0 saturated carbocycles. The highest BCUT2D eigenvalue weighted by Crippen LogP contribution is 2.20. The van der Waals surface area contributed by atoms with E-state index in [0.717, 1.165) is 49.5 Å². The SMILES string of the molecule is Cc1cc(-c2ccc(CN3CCOCC3)cc2)cn(C)c1=O. The predicted molar refractivity (Wildman–Crippen MR) is 88.0 cm³/mol. The number of morpholine rings is 1. The Hall–Kier alpha value is -1.91. The average Bonchev–Trinajstić information content (AvgIpc) is 2.54. The molecule has 116 valence electrons. The largest absolute Gasteiger partial charge is 0.379 e. The van der Waals surface area contributed by atoms with Crippen molar-refractivity contribution in [1.82, 2.24) is 9.47 Å². The maximum Gasteiger partial charge on any atom is 0.253 e. The average molecular weight is 298 g/mol. The van der Waals surface area contributed by atoms with Crippen molar-refractivity contribution in [2.75, 3.05) is 26.3 Å². The maximum atomic E-state index is 11.8. The molecular formula is C18H22N2O2. The van der Waals surface area contributed by atoms with Gasteiger partial charge in [-0.25, -0.2) is 0 Å². The zero-order valence-electron chi connectivity index (χ0n) is 13.2. The molecule has 0 unspecified atom stereocenters. The van der Waals surface area contributed by atoms with Crippen LogP contribution in [0.2, 0.25) is 0 Å². The quantitative estimate of drug-likeness (QED) is 0.871. The third-order valence-electron chi connectivity index (χ3n) is 4.16. The molecule has 1 aromatic carbocycles. The molecule has 22 heavy (non-hydrogen) atoms. The lowest BCUT2D eigenvalue weighted by Crippen LogP contribution is -2.35. The number of hydrogen-bond donors (Lipinski definition) is 0. The van der Waals surface area contributed by atoms with E-state index in [1.54, 1.807) is 11.6 Å². The molecule has 0 aliphatic carbocycles. The van der Waals surface area contributed by atoms with Crippen LogP contribution in [0, 0.1) is 6.92 Å². The van der Waals surface area contributed by atoms with Gasteiger partial charge in [0.1, 0.15) is 0 Å². The molecule has 0 spiro atoms. The molecule has 0 amide bonds. The van der Waals surface area contributed by atoms with Crippen LogP contribution in [0.4, 0.5) is 0 Å². The van der Waals surface area contributed by atoms with Gasteiger partial charge < -0.3 is 9.30 Å². The van der Waals surface area contributed by atoms with Crippen LogP contribution < -0.4 is 5.56 Å². The standard InChI is InChI=1S/C18H22N2O2/c1-14-11-17(13-19(2)18(14)21)16-5-3-15(4-6-16)12-20-7-9-22-10-8-20/h3-6,11,13H,7-10,12H2,1-2H3. The monoisotopic (exact) mass is 298 g/mol. The maximum absolute atomic E-state index is 11.8. The summed E-state index contributed by atoms with van der Waals surface area (Å²) in [4.78, 5) is 14.2. The molecule has 4 nitrogen and oxygen atoms in total. The molecule has 0 atom stereocenters. The minimum Gasteiger partial charge on any atom is -0.379 e. The number of benzene rings is 1. The lowest BCUT2D eigenvalue weighted by molar-refractivity contribution is 0.0342. The molecule has 0 radical (unpaired) electrons. The molecule has 1 aliphatic heterocycles. The van der Waals surface area contributed by atoms with Crippen molar-refractivity contribution >= 4 is 0 Å². The number of hydrogen-bond acceptors (Lipinski definition) is 3. The Kier molecular flexibility index (Phi) is 4.41. The molecule has 2 heterocycles. The third-order valence-corrected chi connectivity index (χ3v) is 4.16. The summed E-state index contributed by atoms with van der Waals surface area (Å²) in [5.41, 5.74) is 4.37. The van der Waals surface area contributed by atoms with Crippen molar-refractivity contribution in [3.63, 3.8) is 0 Å². The van der Waals surface area contributed by atoms with E-state index < -0.39 is 0 Å². The molecular weight excluding hydrogens is 276 g/mol. The molecule has 0 bridgehead atoms. The fourth-order valence-corrected chi connectivity index (χ4v) is 2.86. The van der Waals surface area contributed by atoms with Gasteiger partial charge in [-0.3, -0.25) is 9.69 Å². The Balaban J connectivity index is 1.77. The van der Waals surface area contributed by atoms with Crippen LogP contribution in [0.25, 0.3) is 11.1 Å². The van der Waals surface area contributed by atoms with E-state index in [0.29, 0.717) is 0 Å². The Labute approximate surface area is 131 Å². The third kappa shape index (κ3) is 3.29. The lowest BCUT2D eigenvalue weighted by atomic mass is 10.0. The van der Waals surface area contributed by atoms with E-state index in [1.807, 2.05) is 19.2 Å².